The van der Waals surface area contributed by atoms with Crippen LogP contribution >= 0.6 is 12.4 Å². The van der Waals surface area contributed by atoms with Gasteiger partial charge in [-0.05, 0) is 12.3 Å². The zero-order valence-electron chi connectivity index (χ0n) is 7.90. The Kier molecular flexibility index (Phi) is 5.03. The van der Waals surface area contributed by atoms with Crippen LogP contribution in [-0.4, -0.2) is 19.1 Å². The van der Waals surface area contributed by atoms with Gasteiger partial charge in [0.05, 0.1) is 13.0 Å². The third-order valence-corrected chi connectivity index (χ3v) is 2.26. The Labute approximate surface area is 84.7 Å². The van der Waals surface area contributed by atoms with Gasteiger partial charge >= 0.3 is 5.97 Å². The van der Waals surface area contributed by atoms with Crippen molar-refractivity contribution in [3.8, 4) is 0 Å². The summed E-state index contributed by atoms with van der Waals surface area (Å²) < 4.78 is 4.66. The first-order chi connectivity index (χ1) is 5.65. The molecule has 0 radical (unpaired) electrons. The van der Waals surface area contributed by atoms with Crippen LogP contribution in [0.15, 0.2) is 12.2 Å². The molecule has 4 heteroatoms. The molecule has 3 nitrogen and oxygen atoms in total. The molecule has 0 saturated heterocycles. The Bertz CT molecular complexity index is 206. The summed E-state index contributed by atoms with van der Waals surface area (Å²) in [7, 11) is 1.40. The van der Waals surface area contributed by atoms with Crippen LogP contribution in [0.5, 0.6) is 0 Å². The van der Waals surface area contributed by atoms with E-state index in [4.69, 9.17) is 5.73 Å². The highest BCUT2D eigenvalue weighted by molar-refractivity contribution is 5.85. The zero-order valence-corrected chi connectivity index (χ0v) is 8.71. The van der Waals surface area contributed by atoms with Crippen LogP contribution in [0.1, 0.15) is 13.3 Å². The number of hydrogen-bond donors (Lipinski definition) is 1. The van der Waals surface area contributed by atoms with Gasteiger partial charge in [0, 0.05) is 6.04 Å². The number of allylic oxidation sites excluding steroid dienone is 1. The second-order valence-electron chi connectivity index (χ2n) is 3.30. The number of carbonyl (C=O) groups excluding carboxylic acids is 1. The van der Waals surface area contributed by atoms with Crippen LogP contribution in [0, 0.1) is 11.8 Å². The minimum atomic E-state index is -0.196. The molecule has 2 N–H and O–H groups in total. The summed E-state index contributed by atoms with van der Waals surface area (Å²) in [4.78, 5) is 11.2. The summed E-state index contributed by atoms with van der Waals surface area (Å²) in [5, 5.41) is 0. The fourth-order valence-corrected chi connectivity index (χ4v) is 1.49. The first kappa shape index (κ1) is 12.5. The first-order valence-corrected chi connectivity index (χ1v) is 4.17. The quantitative estimate of drug-likeness (QED) is 0.516. The van der Waals surface area contributed by atoms with Gasteiger partial charge < -0.3 is 10.5 Å². The molecule has 0 amide bonds. The molecule has 0 aliphatic heterocycles. The molecule has 0 saturated carbocycles. The number of ether oxygens (including phenoxy) is 1. The van der Waals surface area contributed by atoms with Gasteiger partial charge in [0.1, 0.15) is 0 Å². The van der Waals surface area contributed by atoms with E-state index in [0.717, 1.165) is 6.42 Å². The fourth-order valence-electron chi connectivity index (χ4n) is 1.49. The minimum absolute atomic E-state index is 0. The molecule has 3 unspecified atom stereocenters. The molecular weight excluding hydrogens is 190 g/mol. The van der Waals surface area contributed by atoms with Gasteiger partial charge in [0.15, 0.2) is 0 Å². The van der Waals surface area contributed by atoms with E-state index in [0.29, 0.717) is 5.92 Å². The predicted molar refractivity (Wildman–Crippen MR) is 53.7 cm³/mol. The van der Waals surface area contributed by atoms with E-state index in [1.54, 1.807) is 0 Å². The molecule has 0 aromatic rings. The largest absolute Gasteiger partial charge is 0.469 e. The maximum Gasteiger partial charge on any atom is 0.310 e. The average Bonchev–Trinajstić information content (AvgIpc) is 2.08. The minimum Gasteiger partial charge on any atom is -0.469 e. The van der Waals surface area contributed by atoms with Crippen molar-refractivity contribution in [3.05, 3.63) is 12.2 Å². The molecule has 13 heavy (non-hydrogen) atoms. The Morgan fingerprint density at radius 3 is 2.69 bits per heavy atom. The lowest BCUT2D eigenvalue weighted by Crippen LogP contribution is -2.37. The van der Waals surface area contributed by atoms with Gasteiger partial charge in [-0.1, -0.05) is 19.1 Å². The van der Waals surface area contributed by atoms with Crippen molar-refractivity contribution in [2.45, 2.75) is 19.4 Å². The Morgan fingerprint density at radius 1 is 1.54 bits per heavy atom. The number of methoxy groups -OCH3 is 1. The molecule has 1 rings (SSSR count). The van der Waals surface area contributed by atoms with Crippen LogP contribution in [0.2, 0.25) is 0 Å². The molecule has 76 valence electrons. The third kappa shape index (κ3) is 3.01. The van der Waals surface area contributed by atoms with Crippen molar-refractivity contribution in [1.82, 2.24) is 0 Å². The van der Waals surface area contributed by atoms with E-state index in [9.17, 15) is 4.79 Å². The Balaban J connectivity index is 0.00000144. The third-order valence-electron chi connectivity index (χ3n) is 2.26. The van der Waals surface area contributed by atoms with E-state index in [-0.39, 0.29) is 30.3 Å². The summed E-state index contributed by atoms with van der Waals surface area (Å²) in [6.07, 6.45) is 4.73. The van der Waals surface area contributed by atoms with Gasteiger partial charge in [-0.25, -0.2) is 0 Å². The predicted octanol–water partition coefficient (Wildman–Crippen LogP) is 1.12. The summed E-state index contributed by atoms with van der Waals surface area (Å²) in [6.45, 7) is 2.07. The van der Waals surface area contributed by atoms with Gasteiger partial charge in [0.2, 0.25) is 0 Å². The molecule has 0 bridgehead atoms. The maximum absolute atomic E-state index is 11.2. The highest BCUT2D eigenvalue weighted by atomic mass is 35.5. The average molecular weight is 206 g/mol. The number of rotatable bonds is 1. The zero-order chi connectivity index (χ0) is 9.14. The number of halogens is 1. The molecule has 1 aliphatic rings. The van der Waals surface area contributed by atoms with Crippen LogP contribution in [0.3, 0.4) is 0 Å². The lowest BCUT2D eigenvalue weighted by Gasteiger charge is -2.25. The van der Waals surface area contributed by atoms with Crippen molar-refractivity contribution < 1.29 is 9.53 Å². The summed E-state index contributed by atoms with van der Waals surface area (Å²) in [5.41, 5.74) is 5.73. The molecule has 0 aromatic carbocycles. The van der Waals surface area contributed by atoms with E-state index in [1.165, 1.54) is 7.11 Å². The number of nitrogens with two attached hydrogens (primary N) is 1. The second-order valence-corrected chi connectivity index (χ2v) is 3.30. The molecule has 0 spiro atoms. The van der Waals surface area contributed by atoms with Crippen LogP contribution in [-0.2, 0) is 9.53 Å². The van der Waals surface area contributed by atoms with Gasteiger partial charge in [0.25, 0.3) is 0 Å². The molecule has 0 aromatic heterocycles. The van der Waals surface area contributed by atoms with E-state index in [1.807, 2.05) is 12.2 Å². The van der Waals surface area contributed by atoms with Crippen molar-refractivity contribution in [2.75, 3.05) is 7.11 Å². The molecule has 0 heterocycles. The number of esters is 1. The summed E-state index contributed by atoms with van der Waals surface area (Å²) >= 11 is 0. The SMILES string of the molecule is COC(=O)C1CC(C)C=CC1N.Cl. The second kappa shape index (κ2) is 5.25. The van der Waals surface area contributed by atoms with Gasteiger partial charge in [-0.3, -0.25) is 4.79 Å². The highest BCUT2D eigenvalue weighted by Gasteiger charge is 2.28. The summed E-state index contributed by atoms with van der Waals surface area (Å²) in [6, 6.07) is -0.173. The number of carbonyl (C=O) groups is 1. The van der Waals surface area contributed by atoms with Crippen LogP contribution in [0.25, 0.3) is 0 Å². The molecule has 1 aliphatic carbocycles. The van der Waals surface area contributed by atoms with Crippen molar-refractivity contribution >= 4 is 18.4 Å². The van der Waals surface area contributed by atoms with E-state index in [2.05, 4.69) is 11.7 Å². The van der Waals surface area contributed by atoms with Crippen molar-refractivity contribution in [3.63, 3.8) is 0 Å². The summed E-state index contributed by atoms with van der Waals surface area (Å²) in [5.74, 6) is 0.0719. The Hall–Kier alpha value is -0.540. The fraction of sp³-hybridized carbons (Fsp3) is 0.667. The lowest BCUT2D eigenvalue weighted by molar-refractivity contribution is -0.146. The maximum atomic E-state index is 11.2. The number of hydrogen-bond acceptors (Lipinski definition) is 3. The standard InChI is InChI=1S/C9H15NO2.ClH/c1-6-3-4-8(10)7(5-6)9(11)12-2;/h3-4,6-8H,5,10H2,1-2H3;1H. The van der Waals surface area contributed by atoms with E-state index >= 15 is 0 Å². The van der Waals surface area contributed by atoms with Crippen molar-refractivity contribution in [2.24, 2.45) is 17.6 Å². The first-order valence-electron chi connectivity index (χ1n) is 4.17. The van der Waals surface area contributed by atoms with Crippen molar-refractivity contribution in [1.29, 1.82) is 0 Å². The molecule has 0 fully saturated rings. The highest BCUT2D eigenvalue weighted by Crippen LogP contribution is 2.23. The molecule has 3 atom stereocenters. The molecular formula is C9H16ClNO2. The Morgan fingerprint density at radius 2 is 2.15 bits per heavy atom. The van der Waals surface area contributed by atoms with Gasteiger partial charge in [-0.2, -0.15) is 0 Å². The normalized spacial score (nSPS) is 32.1. The topological polar surface area (TPSA) is 52.3 Å². The monoisotopic (exact) mass is 205 g/mol. The van der Waals surface area contributed by atoms with Crippen LogP contribution in [0.4, 0.5) is 0 Å². The van der Waals surface area contributed by atoms with E-state index < -0.39 is 0 Å². The smallest absolute Gasteiger partial charge is 0.310 e. The van der Waals surface area contributed by atoms with Gasteiger partial charge in [-0.15, -0.1) is 12.4 Å². The lowest BCUT2D eigenvalue weighted by atomic mass is 9.84. The van der Waals surface area contributed by atoms with Crippen LogP contribution < -0.4 is 5.73 Å².